The topological polar surface area (TPSA) is 9.23 Å². The maximum absolute atomic E-state index is 12.8. The largest absolute Gasteiger partial charge is 0.456 e. The molecule has 0 saturated carbocycles. The number of allylic oxidation sites excluding steroid dienone is 1. The van der Waals surface area contributed by atoms with E-state index in [0.717, 1.165) is 23.3 Å². The highest BCUT2D eigenvalue weighted by molar-refractivity contribution is 9.09. The smallest absolute Gasteiger partial charge is 0.416 e. The number of ether oxygens (including phenoxy) is 1. The zero-order valence-corrected chi connectivity index (χ0v) is 12.3. The van der Waals surface area contributed by atoms with Crippen LogP contribution in [0.5, 0.6) is 11.5 Å². The number of rotatable bonds is 1. The second-order valence-corrected chi connectivity index (χ2v) is 5.21. The van der Waals surface area contributed by atoms with Crippen molar-refractivity contribution in [3.63, 3.8) is 0 Å². The molecule has 0 atom stereocenters. The van der Waals surface area contributed by atoms with Crippen molar-refractivity contribution in [2.45, 2.75) is 6.18 Å². The molecule has 2 aromatic carbocycles. The molecule has 0 bridgehead atoms. The van der Waals surface area contributed by atoms with Crippen LogP contribution in [0.4, 0.5) is 13.2 Å². The van der Waals surface area contributed by atoms with E-state index in [1.54, 1.807) is 12.1 Å². The summed E-state index contributed by atoms with van der Waals surface area (Å²) in [7, 11) is 0. The molecule has 0 unspecified atom stereocenters. The van der Waals surface area contributed by atoms with Crippen molar-refractivity contribution in [3.8, 4) is 11.5 Å². The van der Waals surface area contributed by atoms with Gasteiger partial charge in [0.15, 0.2) is 0 Å². The summed E-state index contributed by atoms with van der Waals surface area (Å²) in [6.45, 7) is 0. The van der Waals surface area contributed by atoms with Crippen molar-refractivity contribution in [2.24, 2.45) is 0 Å². The van der Waals surface area contributed by atoms with Crippen LogP contribution in [0.2, 0.25) is 0 Å². The summed E-state index contributed by atoms with van der Waals surface area (Å²) in [6, 6.07) is 10.9. The zero-order chi connectivity index (χ0) is 15.0. The Bertz CT molecular complexity index is 720. The predicted octanol–water partition coefficient (Wildman–Crippen LogP) is 5.75. The molecule has 5 heteroatoms. The van der Waals surface area contributed by atoms with Crippen LogP contribution < -0.4 is 4.74 Å². The van der Waals surface area contributed by atoms with Gasteiger partial charge in [-0.05, 0) is 29.8 Å². The molecule has 3 rings (SSSR count). The van der Waals surface area contributed by atoms with Crippen LogP contribution >= 0.6 is 15.9 Å². The number of hydrogen-bond acceptors (Lipinski definition) is 1. The van der Waals surface area contributed by atoms with Crippen molar-refractivity contribution in [1.29, 1.82) is 0 Å². The Morgan fingerprint density at radius 2 is 1.76 bits per heavy atom. The summed E-state index contributed by atoms with van der Waals surface area (Å²) in [5.41, 5.74) is 1.76. The average molecular weight is 355 g/mol. The first kappa shape index (κ1) is 14.2. The normalized spacial score (nSPS) is 13.6. The van der Waals surface area contributed by atoms with E-state index in [0.29, 0.717) is 16.6 Å². The molecule has 0 radical (unpaired) electrons. The number of halogens is 4. The number of para-hydroxylation sites is 1. The van der Waals surface area contributed by atoms with E-state index in [9.17, 15) is 13.2 Å². The van der Waals surface area contributed by atoms with Crippen LogP contribution in [-0.2, 0) is 6.18 Å². The van der Waals surface area contributed by atoms with E-state index in [2.05, 4.69) is 15.9 Å². The van der Waals surface area contributed by atoms with E-state index in [1.807, 2.05) is 18.2 Å². The van der Waals surface area contributed by atoms with Gasteiger partial charge in [-0.1, -0.05) is 40.2 Å². The van der Waals surface area contributed by atoms with Crippen LogP contribution in [0, 0.1) is 0 Å². The van der Waals surface area contributed by atoms with Gasteiger partial charge < -0.3 is 4.74 Å². The summed E-state index contributed by atoms with van der Waals surface area (Å²) < 4.78 is 44.2. The first-order chi connectivity index (χ1) is 9.99. The molecule has 0 amide bonds. The molecule has 0 aromatic heterocycles. The van der Waals surface area contributed by atoms with Gasteiger partial charge in [-0.15, -0.1) is 0 Å². The number of benzene rings is 2. The Kier molecular flexibility index (Phi) is 3.53. The van der Waals surface area contributed by atoms with Crippen molar-refractivity contribution in [3.05, 3.63) is 59.2 Å². The third kappa shape index (κ3) is 2.70. The van der Waals surface area contributed by atoms with Crippen LogP contribution in [0.1, 0.15) is 16.7 Å². The van der Waals surface area contributed by atoms with Crippen LogP contribution in [0.15, 0.2) is 42.5 Å². The Balaban J connectivity index is 2.17. The Hall–Kier alpha value is -1.75. The van der Waals surface area contributed by atoms with Gasteiger partial charge in [-0.3, -0.25) is 0 Å². The average Bonchev–Trinajstić information content (AvgIpc) is 2.61. The summed E-state index contributed by atoms with van der Waals surface area (Å²) in [4.78, 5) is 0. The lowest BCUT2D eigenvalue weighted by molar-refractivity contribution is -0.137. The summed E-state index contributed by atoms with van der Waals surface area (Å²) in [5, 5.41) is 0.591. The second-order valence-electron chi connectivity index (χ2n) is 4.65. The first-order valence-electron chi connectivity index (χ1n) is 6.24. The molecule has 0 fully saturated rings. The zero-order valence-electron chi connectivity index (χ0n) is 10.7. The maximum atomic E-state index is 12.8. The van der Waals surface area contributed by atoms with Gasteiger partial charge in [0.1, 0.15) is 11.5 Å². The molecular formula is C16H10BrF3O. The molecule has 1 heterocycles. The van der Waals surface area contributed by atoms with Crippen LogP contribution in [0.3, 0.4) is 0 Å². The minimum atomic E-state index is -4.38. The van der Waals surface area contributed by atoms with E-state index in [-0.39, 0.29) is 5.75 Å². The van der Waals surface area contributed by atoms with Crippen LogP contribution in [0.25, 0.3) is 11.6 Å². The van der Waals surface area contributed by atoms with Gasteiger partial charge in [0.2, 0.25) is 0 Å². The SMILES string of the molecule is FC(F)(F)c1ccc2c(c1)Oc1ccccc1C(CBr)=C2. The van der Waals surface area contributed by atoms with Crippen molar-refractivity contribution < 1.29 is 17.9 Å². The quantitative estimate of drug-likeness (QED) is 0.592. The molecular weight excluding hydrogens is 345 g/mol. The van der Waals surface area contributed by atoms with Gasteiger partial charge in [0.05, 0.1) is 5.56 Å². The lowest BCUT2D eigenvalue weighted by Gasteiger charge is -2.12. The molecule has 0 spiro atoms. The van der Waals surface area contributed by atoms with Gasteiger partial charge >= 0.3 is 6.18 Å². The predicted molar refractivity (Wildman–Crippen MR) is 79.6 cm³/mol. The highest BCUT2D eigenvalue weighted by Crippen LogP contribution is 2.41. The van der Waals surface area contributed by atoms with Crippen molar-refractivity contribution in [2.75, 3.05) is 5.33 Å². The van der Waals surface area contributed by atoms with E-state index in [1.165, 1.54) is 6.07 Å². The van der Waals surface area contributed by atoms with Crippen molar-refractivity contribution >= 4 is 27.6 Å². The van der Waals surface area contributed by atoms with E-state index >= 15 is 0 Å². The minimum absolute atomic E-state index is 0.216. The summed E-state index contributed by atoms with van der Waals surface area (Å²) in [5.74, 6) is 0.773. The maximum Gasteiger partial charge on any atom is 0.416 e. The lowest BCUT2D eigenvalue weighted by atomic mass is 10.0. The highest BCUT2D eigenvalue weighted by Gasteiger charge is 2.31. The Morgan fingerprint density at radius 3 is 2.48 bits per heavy atom. The Morgan fingerprint density at radius 1 is 1.00 bits per heavy atom. The summed E-state index contributed by atoms with van der Waals surface area (Å²) >= 11 is 3.41. The lowest BCUT2D eigenvalue weighted by Crippen LogP contribution is -2.05. The molecule has 2 aromatic rings. The standard InChI is InChI=1S/C16H10BrF3O/c17-9-11-7-10-5-6-12(16(18,19)20)8-15(10)21-14-4-2-1-3-13(11)14/h1-8H,9H2. The van der Waals surface area contributed by atoms with E-state index < -0.39 is 11.7 Å². The third-order valence-electron chi connectivity index (χ3n) is 3.27. The fourth-order valence-electron chi connectivity index (χ4n) is 2.23. The molecule has 1 nitrogen and oxygen atoms in total. The fourth-order valence-corrected chi connectivity index (χ4v) is 2.70. The Labute approximate surface area is 128 Å². The summed E-state index contributed by atoms with van der Waals surface area (Å²) in [6.07, 6.45) is -2.54. The highest BCUT2D eigenvalue weighted by atomic mass is 79.9. The first-order valence-corrected chi connectivity index (χ1v) is 7.36. The molecule has 0 N–H and O–H groups in total. The molecule has 0 saturated heterocycles. The number of alkyl halides is 4. The number of fused-ring (bicyclic) bond motifs is 2. The number of hydrogen-bond donors (Lipinski definition) is 0. The molecule has 1 aliphatic heterocycles. The van der Waals surface area contributed by atoms with Crippen molar-refractivity contribution in [1.82, 2.24) is 0 Å². The third-order valence-corrected chi connectivity index (χ3v) is 3.87. The van der Waals surface area contributed by atoms with Gasteiger partial charge in [0, 0.05) is 16.5 Å². The molecule has 1 aliphatic rings. The monoisotopic (exact) mass is 354 g/mol. The van der Waals surface area contributed by atoms with Gasteiger partial charge in [-0.25, -0.2) is 0 Å². The van der Waals surface area contributed by atoms with E-state index in [4.69, 9.17) is 4.74 Å². The molecule has 108 valence electrons. The molecule has 0 aliphatic carbocycles. The van der Waals surface area contributed by atoms with Gasteiger partial charge in [0.25, 0.3) is 0 Å². The minimum Gasteiger partial charge on any atom is -0.456 e. The molecule has 21 heavy (non-hydrogen) atoms. The van der Waals surface area contributed by atoms with Gasteiger partial charge in [-0.2, -0.15) is 13.2 Å². The fraction of sp³-hybridized carbons (Fsp3) is 0.125. The van der Waals surface area contributed by atoms with Crippen LogP contribution in [-0.4, -0.2) is 5.33 Å². The second kappa shape index (κ2) is 5.22.